The number of anilines is 2. The Morgan fingerprint density at radius 2 is 1.47 bits per heavy atom. The van der Waals surface area contributed by atoms with Crippen LogP contribution in [0, 0.1) is 0 Å². The molecular weight excluding hydrogens is 418 g/mol. The Morgan fingerprint density at radius 3 is 2.38 bits per heavy atom. The van der Waals surface area contributed by atoms with Crippen LogP contribution in [0.25, 0.3) is 59.9 Å². The molecule has 1 aliphatic carbocycles. The molecule has 4 nitrogen and oxygen atoms in total. The molecular formula is C30H19N3O. The summed E-state index contributed by atoms with van der Waals surface area (Å²) in [5, 5.41) is 16.5. The maximum Gasteiger partial charge on any atom is 0.136 e. The Morgan fingerprint density at radius 1 is 0.676 bits per heavy atom. The lowest BCUT2D eigenvalue weighted by Crippen LogP contribution is -2.41. The molecule has 0 radical (unpaired) electrons. The average Bonchev–Trinajstić information content (AvgIpc) is 3.52. The van der Waals surface area contributed by atoms with Crippen LogP contribution in [0.4, 0.5) is 11.5 Å². The van der Waals surface area contributed by atoms with Gasteiger partial charge in [0.1, 0.15) is 17.0 Å². The van der Waals surface area contributed by atoms with Crippen LogP contribution in [0.1, 0.15) is 0 Å². The fraction of sp³-hybridized carbons (Fsp3) is 0.0667. The van der Waals surface area contributed by atoms with E-state index >= 15 is 0 Å². The van der Waals surface area contributed by atoms with Gasteiger partial charge < -0.3 is 15.1 Å². The highest BCUT2D eigenvalue weighted by Crippen LogP contribution is 2.50. The smallest absolute Gasteiger partial charge is 0.136 e. The molecule has 3 aromatic heterocycles. The van der Waals surface area contributed by atoms with Crippen LogP contribution in [-0.4, -0.2) is 16.5 Å². The molecule has 2 unspecified atom stereocenters. The molecule has 2 atom stereocenters. The molecule has 4 heteroatoms. The second-order valence-corrected chi connectivity index (χ2v) is 9.47. The Bertz CT molecular complexity index is 2040. The highest BCUT2D eigenvalue weighted by Gasteiger charge is 2.33. The summed E-state index contributed by atoms with van der Waals surface area (Å²) >= 11 is 0. The molecule has 0 bridgehead atoms. The topological polar surface area (TPSA) is 41.6 Å². The van der Waals surface area contributed by atoms with Gasteiger partial charge in [-0.3, -0.25) is 4.40 Å². The van der Waals surface area contributed by atoms with Crippen LogP contribution in [0.15, 0.2) is 95.5 Å². The number of allylic oxidation sites excluding steroid dienone is 2. The Balaban J connectivity index is 1.56. The quantitative estimate of drug-likeness (QED) is 0.259. The van der Waals surface area contributed by atoms with Crippen molar-refractivity contribution in [3.8, 4) is 0 Å². The van der Waals surface area contributed by atoms with Crippen LogP contribution in [-0.2, 0) is 0 Å². The van der Waals surface area contributed by atoms with Crippen molar-refractivity contribution in [1.29, 1.82) is 0 Å². The van der Waals surface area contributed by atoms with Crippen molar-refractivity contribution in [3.63, 3.8) is 0 Å². The number of para-hydroxylation sites is 1. The Labute approximate surface area is 194 Å². The maximum absolute atomic E-state index is 6.27. The van der Waals surface area contributed by atoms with Crippen molar-refractivity contribution in [3.05, 3.63) is 91.0 Å². The number of benzene rings is 4. The molecule has 0 spiro atoms. The van der Waals surface area contributed by atoms with Gasteiger partial charge in [-0.05, 0) is 35.0 Å². The third-order valence-electron chi connectivity index (χ3n) is 7.74. The van der Waals surface area contributed by atoms with Crippen molar-refractivity contribution in [2.45, 2.75) is 12.1 Å². The van der Waals surface area contributed by atoms with Crippen LogP contribution < -0.4 is 10.6 Å². The first kappa shape index (κ1) is 17.1. The molecule has 9 rings (SSSR count). The van der Waals surface area contributed by atoms with Gasteiger partial charge in [0.05, 0.1) is 28.8 Å². The normalized spacial score (nSPS) is 19.4. The largest absolute Gasteiger partial charge is 0.456 e. The first-order chi connectivity index (χ1) is 16.9. The summed E-state index contributed by atoms with van der Waals surface area (Å²) in [5.41, 5.74) is 5.54. The molecule has 0 fully saturated rings. The predicted molar refractivity (Wildman–Crippen MR) is 141 cm³/mol. The summed E-state index contributed by atoms with van der Waals surface area (Å²) in [6, 6.07) is 24.3. The van der Waals surface area contributed by atoms with Crippen LogP contribution >= 0.6 is 0 Å². The summed E-state index contributed by atoms with van der Waals surface area (Å²) in [6.45, 7) is 0. The summed E-state index contributed by atoms with van der Waals surface area (Å²) in [4.78, 5) is 0. The fourth-order valence-corrected chi connectivity index (χ4v) is 6.34. The lowest BCUT2D eigenvalue weighted by atomic mass is 9.97. The van der Waals surface area contributed by atoms with Gasteiger partial charge in [-0.25, -0.2) is 0 Å². The standard InChI is InChI=1S/C30H19N3O/c1-2-8-17-16(7-1)15-19-25-22(13-14-24-26(25)18-9-3-6-12-23(18)34-24)33-29(19)27(17)28-30(33)32-21-11-5-4-10-20(21)31-28/h1-15,20-21,31-32H. The minimum atomic E-state index is 0.218. The van der Waals surface area contributed by atoms with Crippen LogP contribution in [0.3, 0.4) is 0 Å². The average molecular weight is 438 g/mol. The molecule has 0 saturated carbocycles. The zero-order valence-corrected chi connectivity index (χ0v) is 18.2. The van der Waals surface area contributed by atoms with E-state index in [0.29, 0.717) is 0 Å². The van der Waals surface area contributed by atoms with E-state index in [1.165, 1.54) is 54.4 Å². The molecule has 2 N–H and O–H groups in total. The highest BCUT2D eigenvalue weighted by molar-refractivity contribution is 6.34. The molecule has 0 amide bonds. The van der Waals surface area contributed by atoms with E-state index in [2.05, 4.69) is 100 Å². The number of aromatic nitrogens is 1. The predicted octanol–water partition coefficient (Wildman–Crippen LogP) is 7.44. The zero-order valence-electron chi connectivity index (χ0n) is 18.2. The second kappa shape index (κ2) is 5.72. The number of hydrogen-bond donors (Lipinski definition) is 2. The zero-order chi connectivity index (χ0) is 22.0. The van der Waals surface area contributed by atoms with Crippen molar-refractivity contribution in [2.75, 3.05) is 10.6 Å². The van der Waals surface area contributed by atoms with Gasteiger partial charge in [0.15, 0.2) is 0 Å². The maximum atomic E-state index is 6.27. The number of fused-ring (bicyclic) bond motifs is 13. The minimum Gasteiger partial charge on any atom is -0.456 e. The summed E-state index contributed by atoms with van der Waals surface area (Å²) in [5.74, 6) is 1.14. The van der Waals surface area contributed by atoms with E-state index in [1.54, 1.807) is 0 Å². The number of rotatable bonds is 0. The van der Waals surface area contributed by atoms with E-state index in [-0.39, 0.29) is 12.1 Å². The summed E-state index contributed by atoms with van der Waals surface area (Å²) in [7, 11) is 0. The van der Waals surface area contributed by atoms with E-state index in [0.717, 1.165) is 17.0 Å². The highest BCUT2D eigenvalue weighted by atomic mass is 16.3. The van der Waals surface area contributed by atoms with E-state index in [1.807, 2.05) is 6.07 Å². The third kappa shape index (κ3) is 1.88. The van der Waals surface area contributed by atoms with Gasteiger partial charge in [0.25, 0.3) is 0 Å². The number of hydrogen-bond acceptors (Lipinski definition) is 3. The van der Waals surface area contributed by atoms with Gasteiger partial charge in [0, 0.05) is 26.9 Å². The van der Waals surface area contributed by atoms with Gasteiger partial charge in [-0.2, -0.15) is 0 Å². The fourth-order valence-electron chi connectivity index (χ4n) is 6.34. The lowest BCUT2D eigenvalue weighted by molar-refractivity contribution is 0.669. The molecule has 160 valence electrons. The Kier molecular flexibility index (Phi) is 2.88. The molecule has 7 aromatic rings. The molecule has 2 aliphatic rings. The molecule has 4 heterocycles. The molecule has 34 heavy (non-hydrogen) atoms. The molecule has 1 aliphatic heterocycles. The van der Waals surface area contributed by atoms with Gasteiger partial charge in [0.2, 0.25) is 0 Å². The SMILES string of the molecule is C1=CC2Nc3c(n4c5ccc6oc7ccccc7c6c5c5cc6ccccc6c3c54)NC2C=C1. The lowest BCUT2D eigenvalue weighted by Gasteiger charge is -2.33. The van der Waals surface area contributed by atoms with Crippen LogP contribution in [0.2, 0.25) is 0 Å². The van der Waals surface area contributed by atoms with Gasteiger partial charge >= 0.3 is 0 Å². The van der Waals surface area contributed by atoms with Gasteiger partial charge in [-0.1, -0.05) is 66.8 Å². The Hall–Kier alpha value is -4.44. The monoisotopic (exact) mass is 437 g/mol. The van der Waals surface area contributed by atoms with Crippen LogP contribution in [0.5, 0.6) is 0 Å². The molecule has 0 saturated heterocycles. The van der Waals surface area contributed by atoms with E-state index < -0.39 is 0 Å². The summed E-state index contributed by atoms with van der Waals surface area (Å²) in [6.07, 6.45) is 8.75. The minimum absolute atomic E-state index is 0.218. The van der Waals surface area contributed by atoms with Crippen molar-refractivity contribution in [2.24, 2.45) is 0 Å². The third-order valence-corrected chi connectivity index (χ3v) is 7.74. The first-order valence-corrected chi connectivity index (χ1v) is 11.8. The molecule has 4 aromatic carbocycles. The van der Waals surface area contributed by atoms with E-state index in [9.17, 15) is 0 Å². The van der Waals surface area contributed by atoms with Crippen molar-refractivity contribution < 1.29 is 4.42 Å². The van der Waals surface area contributed by atoms with Gasteiger partial charge in [-0.15, -0.1) is 0 Å². The van der Waals surface area contributed by atoms with E-state index in [4.69, 9.17) is 4.42 Å². The number of nitrogens with one attached hydrogen (secondary N) is 2. The second-order valence-electron chi connectivity index (χ2n) is 9.47. The number of nitrogens with zero attached hydrogens (tertiary/aromatic N) is 1. The number of furan rings is 1. The summed E-state index contributed by atoms with van der Waals surface area (Å²) < 4.78 is 8.69. The van der Waals surface area contributed by atoms with Crippen molar-refractivity contribution >= 4 is 71.4 Å². The first-order valence-electron chi connectivity index (χ1n) is 11.8. The van der Waals surface area contributed by atoms with Crippen molar-refractivity contribution in [1.82, 2.24) is 4.40 Å².